The third-order valence-corrected chi connectivity index (χ3v) is 6.00. The van der Waals surface area contributed by atoms with Crippen LogP contribution in [-0.4, -0.2) is 34.5 Å². The number of benzene rings is 2. The fourth-order valence-corrected chi connectivity index (χ4v) is 3.80. The van der Waals surface area contributed by atoms with E-state index >= 15 is 0 Å². The highest BCUT2D eigenvalue weighted by atomic mass is 32.2. The molecule has 2 N–H and O–H groups in total. The zero-order valence-electron chi connectivity index (χ0n) is 15.5. The minimum Gasteiger partial charge on any atom is -0.370 e. The maximum Gasteiger partial charge on any atom is 0.248 e. The van der Waals surface area contributed by atoms with E-state index in [4.69, 9.17) is 0 Å². The van der Waals surface area contributed by atoms with E-state index in [1.807, 2.05) is 0 Å². The second-order valence-electron chi connectivity index (χ2n) is 6.43. The number of hydrogen-bond donors (Lipinski definition) is 2. The van der Waals surface area contributed by atoms with E-state index in [1.165, 1.54) is 31.3 Å². The highest BCUT2D eigenvalue weighted by molar-refractivity contribution is 7.89. The van der Waals surface area contributed by atoms with Gasteiger partial charge in [0.2, 0.25) is 15.9 Å². The molecule has 0 aliphatic carbocycles. The van der Waals surface area contributed by atoms with Crippen LogP contribution >= 0.6 is 0 Å². The van der Waals surface area contributed by atoms with E-state index in [0.717, 1.165) is 25.9 Å². The predicted octanol–water partition coefficient (Wildman–Crippen LogP) is 2.99. The molecule has 8 heteroatoms. The van der Waals surface area contributed by atoms with E-state index in [1.54, 1.807) is 30.3 Å². The summed E-state index contributed by atoms with van der Waals surface area (Å²) in [6.45, 7) is 1.67. The average Bonchev–Trinajstić information content (AvgIpc) is 3.23. The Balaban J connectivity index is 1.72. The van der Waals surface area contributed by atoms with Gasteiger partial charge >= 0.3 is 0 Å². The maximum atomic E-state index is 14.3. The summed E-state index contributed by atoms with van der Waals surface area (Å²) >= 11 is 0. The van der Waals surface area contributed by atoms with Crippen molar-refractivity contribution in [3.05, 3.63) is 59.9 Å². The Kier molecular flexibility index (Phi) is 6.11. The van der Waals surface area contributed by atoms with Gasteiger partial charge in [-0.05, 0) is 55.8 Å². The Hall–Kier alpha value is -2.71. The number of anilines is 2. The molecule has 28 heavy (non-hydrogen) atoms. The van der Waals surface area contributed by atoms with Crippen molar-refractivity contribution in [3.63, 3.8) is 0 Å². The Morgan fingerprint density at radius 3 is 2.43 bits per heavy atom. The van der Waals surface area contributed by atoms with Gasteiger partial charge in [0.05, 0.1) is 10.6 Å². The molecule has 6 nitrogen and oxygen atoms in total. The summed E-state index contributed by atoms with van der Waals surface area (Å²) in [5, 5.41) is 2.62. The third-order valence-electron chi connectivity index (χ3n) is 4.57. The van der Waals surface area contributed by atoms with Crippen molar-refractivity contribution in [1.29, 1.82) is 0 Å². The normalized spacial score (nSPS) is 14.6. The van der Waals surface area contributed by atoms with Crippen molar-refractivity contribution < 1.29 is 17.6 Å². The number of para-hydroxylation sites is 1. The molecule has 1 saturated heterocycles. The van der Waals surface area contributed by atoms with Gasteiger partial charge in [0.15, 0.2) is 0 Å². The molecule has 1 heterocycles. The van der Waals surface area contributed by atoms with Gasteiger partial charge < -0.3 is 10.2 Å². The predicted molar refractivity (Wildman–Crippen MR) is 108 cm³/mol. The first kappa shape index (κ1) is 20.0. The van der Waals surface area contributed by atoms with Crippen LogP contribution < -0.4 is 14.9 Å². The van der Waals surface area contributed by atoms with Crippen LogP contribution in [0.15, 0.2) is 53.4 Å². The van der Waals surface area contributed by atoms with Crippen LogP contribution in [0.4, 0.5) is 15.8 Å². The molecular formula is C20H22FN3O3S. The molecule has 0 aromatic heterocycles. The van der Waals surface area contributed by atoms with Crippen LogP contribution in [0.1, 0.15) is 18.4 Å². The van der Waals surface area contributed by atoms with Crippen molar-refractivity contribution in [2.24, 2.45) is 0 Å². The lowest BCUT2D eigenvalue weighted by Crippen LogP contribution is -2.21. The second-order valence-corrected chi connectivity index (χ2v) is 8.31. The van der Waals surface area contributed by atoms with Crippen molar-refractivity contribution >= 4 is 33.4 Å². The molecule has 0 radical (unpaired) electrons. The number of carbonyl (C=O) groups is 1. The zero-order chi connectivity index (χ0) is 20.1. The number of amides is 1. The Morgan fingerprint density at radius 2 is 1.79 bits per heavy atom. The molecule has 0 spiro atoms. The molecule has 1 amide bonds. The number of hydrogen-bond acceptors (Lipinski definition) is 4. The molecule has 148 valence electrons. The van der Waals surface area contributed by atoms with Crippen molar-refractivity contribution in [1.82, 2.24) is 4.72 Å². The Labute approximate surface area is 164 Å². The van der Waals surface area contributed by atoms with E-state index in [0.29, 0.717) is 11.3 Å². The first-order valence-corrected chi connectivity index (χ1v) is 10.4. The largest absolute Gasteiger partial charge is 0.370 e. The SMILES string of the molecule is CNS(=O)(=O)c1ccc(/C=C/C(=O)Nc2c(F)cccc2N2CCCC2)cc1. The van der Waals surface area contributed by atoms with E-state index < -0.39 is 21.7 Å². The highest BCUT2D eigenvalue weighted by Crippen LogP contribution is 2.31. The minimum atomic E-state index is -3.50. The molecule has 2 aromatic carbocycles. The van der Waals surface area contributed by atoms with Crippen LogP contribution in [0.5, 0.6) is 0 Å². The minimum absolute atomic E-state index is 0.137. The average molecular weight is 403 g/mol. The monoisotopic (exact) mass is 403 g/mol. The Bertz CT molecular complexity index is 982. The van der Waals surface area contributed by atoms with Crippen molar-refractivity contribution in [3.8, 4) is 0 Å². The van der Waals surface area contributed by atoms with Gasteiger partial charge in [0.25, 0.3) is 0 Å². The number of sulfonamides is 1. The lowest BCUT2D eigenvalue weighted by atomic mass is 10.2. The van der Waals surface area contributed by atoms with Crippen LogP contribution in [0, 0.1) is 5.82 Å². The second kappa shape index (κ2) is 8.53. The lowest BCUT2D eigenvalue weighted by Gasteiger charge is -2.21. The van der Waals surface area contributed by atoms with Gasteiger partial charge in [-0.15, -0.1) is 0 Å². The highest BCUT2D eigenvalue weighted by Gasteiger charge is 2.19. The Morgan fingerprint density at radius 1 is 1.11 bits per heavy atom. The smallest absolute Gasteiger partial charge is 0.248 e. The van der Waals surface area contributed by atoms with Crippen LogP contribution in [0.2, 0.25) is 0 Å². The van der Waals surface area contributed by atoms with Crippen molar-refractivity contribution in [2.45, 2.75) is 17.7 Å². The first-order valence-electron chi connectivity index (χ1n) is 8.97. The molecule has 0 unspecified atom stereocenters. The molecule has 0 bridgehead atoms. The van der Waals surface area contributed by atoms with Gasteiger partial charge in [-0.25, -0.2) is 17.5 Å². The molecular weight excluding hydrogens is 381 g/mol. The molecule has 1 aliphatic rings. The topological polar surface area (TPSA) is 78.5 Å². The number of nitrogens with one attached hydrogen (secondary N) is 2. The molecule has 0 atom stereocenters. The fraction of sp³-hybridized carbons (Fsp3) is 0.250. The number of rotatable bonds is 6. The number of nitrogens with zero attached hydrogens (tertiary/aromatic N) is 1. The maximum absolute atomic E-state index is 14.3. The fourth-order valence-electron chi connectivity index (χ4n) is 3.07. The zero-order valence-corrected chi connectivity index (χ0v) is 16.3. The van der Waals surface area contributed by atoms with Gasteiger partial charge in [-0.1, -0.05) is 18.2 Å². The summed E-state index contributed by atoms with van der Waals surface area (Å²) < 4.78 is 40.0. The number of carbonyl (C=O) groups excluding carboxylic acids is 1. The van der Waals surface area contributed by atoms with Crippen LogP contribution in [-0.2, 0) is 14.8 Å². The van der Waals surface area contributed by atoms with Crippen molar-refractivity contribution in [2.75, 3.05) is 30.4 Å². The van der Waals surface area contributed by atoms with E-state index in [9.17, 15) is 17.6 Å². The summed E-state index contributed by atoms with van der Waals surface area (Å²) in [5.41, 5.74) is 1.51. The first-order chi connectivity index (χ1) is 13.4. The summed E-state index contributed by atoms with van der Waals surface area (Å²) in [6, 6.07) is 10.8. The molecule has 3 rings (SSSR count). The van der Waals surface area contributed by atoms with Crippen LogP contribution in [0.3, 0.4) is 0 Å². The summed E-state index contributed by atoms with van der Waals surface area (Å²) in [6.07, 6.45) is 4.93. The quantitative estimate of drug-likeness (QED) is 0.727. The van der Waals surface area contributed by atoms with Gasteiger partial charge in [0, 0.05) is 19.2 Å². The van der Waals surface area contributed by atoms with Gasteiger partial charge in [-0.2, -0.15) is 0 Å². The van der Waals surface area contributed by atoms with E-state index in [-0.39, 0.29) is 10.6 Å². The molecule has 1 fully saturated rings. The van der Waals surface area contributed by atoms with E-state index in [2.05, 4.69) is 14.9 Å². The third kappa shape index (κ3) is 4.58. The summed E-state index contributed by atoms with van der Waals surface area (Å²) in [7, 11) is -2.16. The lowest BCUT2D eigenvalue weighted by molar-refractivity contribution is -0.111. The van der Waals surface area contributed by atoms with Crippen LogP contribution in [0.25, 0.3) is 6.08 Å². The van der Waals surface area contributed by atoms with Gasteiger partial charge in [-0.3, -0.25) is 4.79 Å². The molecule has 0 saturated carbocycles. The standard InChI is InChI=1S/C20H22FN3O3S/c1-22-28(26,27)16-10-7-15(8-11-16)9-12-19(25)23-20-17(21)5-4-6-18(20)24-13-2-3-14-24/h4-12,22H,2-3,13-14H2,1H3,(H,23,25)/b12-9+. The number of halogens is 1. The summed E-state index contributed by atoms with van der Waals surface area (Å²) in [5.74, 6) is -0.940. The molecule has 1 aliphatic heterocycles. The summed E-state index contributed by atoms with van der Waals surface area (Å²) in [4.78, 5) is 14.5. The molecule has 2 aromatic rings. The van der Waals surface area contributed by atoms with Gasteiger partial charge in [0.1, 0.15) is 11.5 Å².